The minimum Gasteiger partial charge on any atom is -0.398 e. The lowest BCUT2D eigenvalue weighted by molar-refractivity contribution is 0.0926. The summed E-state index contributed by atoms with van der Waals surface area (Å²) in [6.07, 6.45) is 0. The number of nitrogen functional groups attached to an aromatic ring is 1. The van der Waals surface area contributed by atoms with Crippen LogP contribution in [0.4, 0.5) is 11.4 Å². The van der Waals surface area contributed by atoms with E-state index < -0.39 is 0 Å². The van der Waals surface area contributed by atoms with E-state index in [-0.39, 0.29) is 11.8 Å². The van der Waals surface area contributed by atoms with Crippen molar-refractivity contribution in [1.29, 1.82) is 0 Å². The molecule has 19 heavy (non-hydrogen) atoms. The van der Waals surface area contributed by atoms with Crippen LogP contribution in [0.25, 0.3) is 0 Å². The number of anilines is 2. The van der Waals surface area contributed by atoms with Gasteiger partial charge in [-0.05, 0) is 46.3 Å². The number of rotatable bonds is 1. The summed E-state index contributed by atoms with van der Waals surface area (Å²) < 4.78 is 0.729. The van der Waals surface area contributed by atoms with Crippen molar-refractivity contribution in [3.8, 4) is 0 Å². The molecule has 1 aliphatic heterocycles. The van der Waals surface area contributed by atoms with Gasteiger partial charge in [-0.1, -0.05) is 12.1 Å². The van der Waals surface area contributed by atoms with Gasteiger partial charge in [0, 0.05) is 10.2 Å². The maximum absolute atomic E-state index is 12.3. The molecule has 2 N–H and O–H groups in total. The number of halogens is 1. The van der Waals surface area contributed by atoms with Crippen LogP contribution in [-0.2, 0) is 0 Å². The molecule has 0 unspecified atom stereocenters. The second-order valence-electron chi connectivity index (χ2n) is 4.20. The van der Waals surface area contributed by atoms with Gasteiger partial charge in [-0.15, -0.1) is 0 Å². The lowest BCUT2D eigenvalue weighted by Crippen LogP contribution is -2.29. The second-order valence-corrected chi connectivity index (χ2v) is 5.05. The molecular weight excluding hydrogens is 308 g/mol. The zero-order valence-corrected chi connectivity index (χ0v) is 11.3. The third-order valence-electron chi connectivity index (χ3n) is 3.03. The van der Waals surface area contributed by atoms with E-state index in [4.69, 9.17) is 5.73 Å². The summed E-state index contributed by atoms with van der Waals surface area (Å²) in [7, 11) is 0. The maximum Gasteiger partial charge on any atom is 0.266 e. The third-order valence-corrected chi connectivity index (χ3v) is 3.75. The van der Waals surface area contributed by atoms with Crippen LogP contribution in [0, 0.1) is 0 Å². The normalized spacial score (nSPS) is 13.8. The van der Waals surface area contributed by atoms with E-state index in [0.29, 0.717) is 22.5 Å². The number of nitrogens with two attached hydrogens (primary N) is 1. The fourth-order valence-corrected chi connectivity index (χ4v) is 2.34. The number of carbonyl (C=O) groups is 2. The Balaban J connectivity index is 2.11. The molecule has 0 atom stereocenters. The van der Waals surface area contributed by atoms with Crippen LogP contribution in [-0.4, -0.2) is 11.8 Å². The van der Waals surface area contributed by atoms with Crippen LogP contribution < -0.4 is 10.6 Å². The summed E-state index contributed by atoms with van der Waals surface area (Å²) in [4.78, 5) is 25.7. The number of hydrogen-bond acceptors (Lipinski definition) is 3. The van der Waals surface area contributed by atoms with E-state index in [9.17, 15) is 9.59 Å². The van der Waals surface area contributed by atoms with Gasteiger partial charge in [0.25, 0.3) is 11.8 Å². The van der Waals surface area contributed by atoms with Gasteiger partial charge in [-0.25, -0.2) is 4.90 Å². The van der Waals surface area contributed by atoms with Crippen LogP contribution >= 0.6 is 15.9 Å². The van der Waals surface area contributed by atoms with Gasteiger partial charge in [-0.2, -0.15) is 0 Å². The first-order valence-electron chi connectivity index (χ1n) is 5.62. The summed E-state index contributed by atoms with van der Waals surface area (Å²) in [5, 5.41) is 0. The third kappa shape index (κ3) is 1.74. The van der Waals surface area contributed by atoms with Crippen molar-refractivity contribution >= 4 is 39.1 Å². The Bertz CT molecular complexity index is 677. The van der Waals surface area contributed by atoms with Crippen molar-refractivity contribution in [2.75, 3.05) is 10.6 Å². The fraction of sp³-hybridized carbons (Fsp3) is 0. The van der Waals surface area contributed by atoms with E-state index in [1.807, 2.05) is 0 Å². The molecule has 0 saturated heterocycles. The maximum atomic E-state index is 12.3. The van der Waals surface area contributed by atoms with Crippen molar-refractivity contribution in [3.05, 3.63) is 58.1 Å². The molecule has 1 heterocycles. The molecule has 4 nitrogen and oxygen atoms in total. The molecule has 0 aliphatic carbocycles. The molecule has 94 valence electrons. The predicted octanol–water partition coefficient (Wildman–Crippen LogP) is 2.83. The number of amides is 2. The first kappa shape index (κ1) is 11.9. The largest absolute Gasteiger partial charge is 0.398 e. The molecular formula is C14H9BrN2O2. The molecule has 0 bridgehead atoms. The second kappa shape index (κ2) is 4.20. The number of fused-ring (bicyclic) bond motifs is 1. The smallest absolute Gasteiger partial charge is 0.266 e. The molecule has 0 saturated carbocycles. The summed E-state index contributed by atoms with van der Waals surface area (Å²) >= 11 is 3.28. The fourth-order valence-electron chi connectivity index (χ4n) is 2.09. The van der Waals surface area contributed by atoms with E-state index in [1.54, 1.807) is 42.5 Å². The Hall–Kier alpha value is -2.14. The standard InChI is InChI=1S/C14H9BrN2O2/c15-11-6-5-8(7-12(11)16)17-13(18)9-3-1-2-4-10(9)14(17)19/h1-7H,16H2. The van der Waals surface area contributed by atoms with Gasteiger partial charge < -0.3 is 5.73 Å². The molecule has 2 aromatic carbocycles. The summed E-state index contributed by atoms with van der Waals surface area (Å²) in [6.45, 7) is 0. The molecule has 0 aromatic heterocycles. The first-order chi connectivity index (χ1) is 9.09. The first-order valence-corrected chi connectivity index (χ1v) is 6.42. The predicted molar refractivity (Wildman–Crippen MR) is 76.1 cm³/mol. The van der Waals surface area contributed by atoms with Crippen molar-refractivity contribution in [3.63, 3.8) is 0 Å². The Labute approximate surface area is 118 Å². The van der Waals surface area contributed by atoms with Crippen molar-refractivity contribution in [2.45, 2.75) is 0 Å². The van der Waals surface area contributed by atoms with Gasteiger partial charge in [-0.3, -0.25) is 9.59 Å². The van der Waals surface area contributed by atoms with Crippen LogP contribution in [0.15, 0.2) is 46.9 Å². The quantitative estimate of drug-likeness (QED) is 0.650. The average molecular weight is 317 g/mol. The van der Waals surface area contributed by atoms with Gasteiger partial charge in [0.2, 0.25) is 0 Å². The van der Waals surface area contributed by atoms with Crippen molar-refractivity contribution in [1.82, 2.24) is 0 Å². The summed E-state index contributed by atoms with van der Waals surface area (Å²) in [6, 6.07) is 11.8. The van der Waals surface area contributed by atoms with Crippen LogP contribution in [0.2, 0.25) is 0 Å². The number of imide groups is 1. The van der Waals surface area contributed by atoms with Gasteiger partial charge >= 0.3 is 0 Å². The number of nitrogens with zero attached hydrogens (tertiary/aromatic N) is 1. The molecule has 0 radical (unpaired) electrons. The van der Waals surface area contributed by atoms with Gasteiger partial charge in [0.05, 0.1) is 16.8 Å². The average Bonchev–Trinajstić information content (AvgIpc) is 2.66. The molecule has 5 heteroatoms. The molecule has 2 aromatic rings. The number of carbonyl (C=O) groups excluding carboxylic acids is 2. The van der Waals surface area contributed by atoms with Gasteiger partial charge in [0.15, 0.2) is 0 Å². The Morgan fingerprint density at radius 1 is 0.947 bits per heavy atom. The highest BCUT2D eigenvalue weighted by Crippen LogP contribution is 2.31. The molecule has 2 amide bonds. The monoisotopic (exact) mass is 316 g/mol. The molecule has 0 spiro atoms. The minimum absolute atomic E-state index is 0.317. The molecule has 1 aliphatic rings. The zero-order valence-electron chi connectivity index (χ0n) is 9.76. The lowest BCUT2D eigenvalue weighted by Gasteiger charge is -2.14. The summed E-state index contributed by atoms with van der Waals surface area (Å²) in [5.74, 6) is -0.635. The van der Waals surface area contributed by atoms with E-state index in [0.717, 1.165) is 9.37 Å². The van der Waals surface area contributed by atoms with Gasteiger partial charge in [0.1, 0.15) is 0 Å². The molecule has 0 fully saturated rings. The topological polar surface area (TPSA) is 63.4 Å². The lowest BCUT2D eigenvalue weighted by atomic mass is 10.1. The molecule has 3 rings (SSSR count). The highest BCUT2D eigenvalue weighted by molar-refractivity contribution is 9.10. The summed E-state index contributed by atoms with van der Waals surface area (Å²) in [5.41, 5.74) is 7.60. The van der Waals surface area contributed by atoms with Crippen LogP contribution in [0.5, 0.6) is 0 Å². The van der Waals surface area contributed by atoms with Crippen molar-refractivity contribution < 1.29 is 9.59 Å². The Morgan fingerprint density at radius 3 is 2.05 bits per heavy atom. The Kier molecular flexibility index (Phi) is 2.64. The SMILES string of the molecule is Nc1cc(N2C(=O)c3ccccc3C2=O)ccc1Br. The zero-order chi connectivity index (χ0) is 13.6. The highest BCUT2D eigenvalue weighted by atomic mass is 79.9. The van der Waals surface area contributed by atoms with Crippen LogP contribution in [0.3, 0.4) is 0 Å². The Morgan fingerprint density at radius 2 is 1.53 bits per heavy atom. The van der Waals surface area contributed by atoms with E-state index >= 15 is 0 Å². The van der Waals surface area contributed by atoms with E-state index in [1.165, 1.54) is 0 Å². The van der Waals surface area contributed by atoms with E-state index in [2.05, 4.69) is 15.9 Å². The highest BCUT2D eigenvalue weighted by Gasteiger charge is 2.36. The van der Waals surface area contributed by atoms with Crippen LogP contribution in [0.1, 0.15) is 20.7 Å². The minimum atomic E-state index is -0.317. The number of hydrogen-bond donors (Lipinski definition) is 1. The van der Waals surface area contributed by atoms with Crippen molar-refractivity contribution in [2.24, 2.45) is 0 Å². The number of benzene rings is 2.